The molecule has 7 nitrogen and oxygen atoms in total. The molecule has 2 aromatic heterocycles. The van der Waals surface area contributed by atoms with Gasteiger partial charge in [-0.15, -0.1) is 11.3 Å². The van der Waals surface area contributed by atoms with Crippen molar-refractivity contribution < 1.29 is 8.42 Å². The molecular formula is C20H24N4O3S2. The smallest absolute Gasteiger partial charge is 0.259 e. The van der Waals surface area contributed by atoms with E-state index in [0.29, 0.717) is 24.3 Å². The Balaban J connectivity index is 1.50. The third-order valence-corrected chi connectivity index (χ3v) is 6.89. The largest absolute Gasteiger partial charge is 0.309 e. The van der Waals surface area contributed by atoms with Crippen LogP contribution in [0.1, 0.15) is 18.7 Å². The quantitative estimate of drug-likeness (QED) is 0.624. The standard InChI is InChI=1S/C20H24N4O3S2/c1-29(26,27)21-11-14-6-5-9-24(12-14)13-18-22-19(25)16-10-17(28-20(16)23-18)15-7-3-2-4-8-15/h2-4,7-8,10,14,21H,5-6,9,11-13H2,1H3,(H,22,23,25). The van der Waals surface area contributed by atoms with Gasteiger partial charge in [0.2, 0.25) is 10.0 Å². The summed E-state index contributed by atoms with van der Waals surface area (Å²) in [6.07, 6.45) is 3.18. The number of aromatic nitrogens is 2. The molecule has 0 amide bonds. The molecule has 1 aromatic carbocycles. The number of nitrogens with zero attached hydrogens (tertiary/aromatic N) is 2. The number of hydrogen-bond donors (Lipinski definition) is 2. The Morgan fingerprint density at radius 1 is 1.31 bits per heavy atom. The Bertz CT molecular complexity index is 1160. The fourth-order valence-corrected chi connectivity index (χ4v) is 5.33. The zero-order valence-electron chi connectivity index (χ0n) is 16.2. The summed E-state index contributed by atoms with van der Waals surface area (Å²) in [5.74, 6) is 0.918. The van der Waals surface area contributed by atoms with Crippen LogP contribution >= 0.6 is 11.3 Å². The van der Waals surface area contributed by atoms with Crippen LogP contribution in [0.2, 0.25) is 0 Å². The maximum absolute atomic E-state index is 12.6. The first-order valence-electron chi connectivity index (χ1n) is 9.62. The molecule has 0 bridgehead atoms. The van der Waals surface area contributed by atoms with Crippen LogP contribution < -0.4 is 10.3 Å². The van der Waals surface area contributed by atoms with E-state index >= 15 is 0 Å². The third-order valence-electron chi connectivity index (χ3n) is 5.12. The van der Waals surface area contributed by atoms with Crippen LogP contribution in [0.5, 0.6) is 0 Å². The topological polar surface area (TPSA) is 95.2 Å². The summed E-state index contributed by atoms with van der Waals surface area (Å²) in [5.41, 5.74) is 0.962. The summed E-state index contributed by atoms with van der Waals surface area (Å²) in [5, 5.41) is 0.617. The van der Waals surface area contributed by atoms with Gasteiger partial charge in [0.05, 0.1) is 18.2 Å². The van der Waals surface area contributed by atoms with E-state index in [1.165, 1.54) is 17.6 Å². The highest BCUT2D eigenvalue weighted by Gasteiger charge is 2.22. The molecule has 4 rings (SSSR count). The number of H-pyrrole nitrogens is 1. The number of benzene rings is 1. The first-order valence-corrected chi connectivity index (χ1v) is 12.3. The minimum Gasteiger partial charge on any atom is -0.309 e. The summed E-state index contributed by atoms with van der Waals surface area (Å²) < 4.78 is 25.3. The Labute approximate surface area is 173 Å². The number of fused-ring (bicyclic) bond motifs is 1. The van der Waals surface area contributed by atoms with E-state index in [0.717, 1.165) is 41.2 Å². The van der Waals surface area contributed by atoms with Gasteiger partial charge in [0.25, 0.3) is 5.56 Å². The van der Waals surface area contributed by atoms with Crippen LogP contribution in [0.25, 0.3) is 20.7 Å². The zero-order valence-corrected chi connectivity index (χ0v) is 17.9. The molecule has 154 valence electrons. The highest BCUT2D eigenvalue weighted by atomic mass is 32.2. The van der Waals surface area contributed by atoms with Crippen LogP contribution in [0, 0.1) is 5.92 Å². The predicted octanol–water partition coefficient (Wildman–Crippen LogP) is 2.41. The molecule has 0 radical (unpaired) electrons. The molecule has 1 unspecified atom stereocenters. The van der Waals surface area contributed by atoms with E-state index in [2.05, 4.69) is 14.6 Å². The van der Waals surface area contributed by atoms with Gasteiger partial charge in [-0.2, -0.15) is 0 Å². The molecule has 3 aromatic rings. The van der Waals surface area contributed by atoms with Crippen molar-refractivity contribution in [2.24, 2.45) is 5.92 Å². The number of sulfonamides is 1. The molecule has 1 fully saturated rings. The summed E-state index contributed by atoms with van der Waals surface area (Å²) in [4.78, 5) is 24.2. The minimum atomic E-state index is -3.18. The molecule has 0 spiro atoms. The third kappa shape index (κ3) is 5.11. The maximum atomic E-state index is 12.6. The second-order valence-electron chi connectivity index (χ2n) is 7.57. The van der Waals surface area contributed by atoms with Gasteiger partial charge in [-0.1, -0.05) is 30.3 Å². The van der Waals surface area contributed by atoms with Gasteiger partial charge in [0.1, 0.15) is 10.7 Å². The summed E-state index contributed by atoms with van der Waals surface area (Å²) >= 11 is 1.53. The molecule has 1 atom stereocenters. The average Bonchev–Trinajstić information content (AvgIpc) is 3.12. The van der Waals surface area contributed by atoms with Crippen molar-refractivity contribution >= 4 is 31.6 Å². The van der Waals surface area contributed by atoms with E-state index in [1.807, 2.05) is 36.4 Å². The van der Waals surface area contributed by atoms with E-state index in [1.54, 1.807) is 0 Å². The van der Waals surface area contributed by atoms with Crippen molar-refractivity contribution in [2.45, 2.75) is 19.4 Å². The van der Waals surface area contributed by atoms with E-state index in [9.17, 15) is 13.2 Å². The zero-order chi connectivity index (χ0) is 20.4. The molecule has 29 heavy (non-hydrogen) atoms. The van der Waals surface area contributed by atoms with Crippen LogP contribution in [0.4, 0.5) is 0 Å². The number of rotatable bonds is 6. The lowest BCUT2D eigenvalue weighted by Gasteiger charge is -2.32. The highest BCUT2D eigenvalue weighted by Crippen LogP contribution is 2.30. The lowest BCUT2D eigenvalue weighted by atomic mass is 9.98. The molecule has 1 saturated heterocycles. The molecule has 0 aliphatic carbocycles. The van der Waals surface area contributed by atoms with Gasteiger partial charge in [0, 0.05) is 18.0 Å². The van der Waals surface area contributed by atoms with Crippen LogP contribution in [0.3, 0.4) is 0 Å². The Kier molecular flexibility index (Phi) is 5.82. The second kappa shape index (κ2) is 8.35. The van der Waals surface area contributed by atoms with Gasteiger partial charge < -0.3 is 4.98 Å². The number of likely N-dealkylation sites (tertiary alicyclic amines) is 1. The fraction of sp³-hybridized carbons (Fsp3) is 0.400. The van der Waals surface area contributed by atoms with Crippen molar-refractivity contribution in [1.29, 1.82) is 0 Å². The number of nitrogens with one attached hydrogen (secondary N) is 2. The molecule has 2 N–H and O–H groups in total. The van der Waals surface area contributed by atoms with Gasteiger partial charge in [-0.05, 0) is 36.9 Å². The summed E-state index contributed by atoms with van der Waals surface area (Å²) in [6.45, 7) is 2.70. The van der Waals surface area contributed by atoms with Crippen LogP contribution in [-0.2, 0) is 16.6 Å². The van der Waals surface area contributed by atoms with Crippen molar-refractivity contribution in [3.8, 4) is 10.4 Å². The van der Waals surface area contributed by atoms with Gasteiger partial charge in [0.15, 0.2) is 0 Å². The summed E-state index contributed by atoms with van der Waals surface area (Å²) in [7, 11) is -3.18. The number of piperidine rings is 1. The van der Waals surface area contributed by atoms with Crippen LogP contribution in [-0.4, -0.2) is 49.2 Å². The van der Waals surface area contributed by atoms with Crippen molar-refractivity contribution in [3.63, 3.8) is 0 Å². The SMILES string of the molecule is CS(=O)(=O)NCC1CCCN(Cc2nc3sc(-c4ccccc4)cc3c(=O)[nH]2)C1. The lowest BCUT2D eigenvalue weighted by Crippen LogP contribution is -2.40. The van der Waals surface area contributed by atoms with E-state index in [-0.39, 0.29) is 11.5 Å². The molecule has 1 aliphatic rings. The van der Waals surface area contributed by atoms with E-state index in [4.69, 9.17) is 4.98 Å². The highest BCUT2D eigenvalue weighted by molar-refractivity contribution is 7.88. The Morgan fingerprint density at radius 3 is 2.86 bits per heavy atom. The first-order chi connectivity index (χ1) is 13.9. The number of aromatic amines is 1. The van der Waals surface area contributed by atoms with Crippen LogP contribution in [0.15, 0.2) is 41.2 Å². The molecule has 3 heterocycles. The van der Waals surface area contributed by atoms with Gasteiger partial charge in [-0.25, -0.2) is 18.1 Å². The summed E-state index contributed by atoms with van der Waals surface area (Å²) in [6, 6.07) is 11.9. The number of hydrogen-bond acceptors (Lipinski definition) is 6. The minimum absolute atomic E-state index is 0.115. The van der Waals surface area contributed by atoms with Crippen molar-refractivity contribution in [2.75, 3.05) is 25.9 Å². The van der Waals surface area contributed by atoms with E-state index < -0.39 is 10.0 Å². The Hall–Kier alpha value is -2.07. The maximum Gasteiger partial charge on any atom is 0.259 e. The van der Waals surface area contributed by atoms with Gasteiger partial charge in [-0.3, -0.25) is 9.69 Å². The monoisotopic (exact) mass is 432 g/mol. The predicted molar refractivity (Wildman–Crippen MR) is 117 cm³/mol. The molecule has 0 saturated carbocycles. The van der Waals surface area contributed by atoms with Crippen molar-refractivity contribution in [1.82, 2.24) is 19.6 Å². The molecule has 1 aliphatic heterocycles. The lowest BCUT2D eigenvalue weighted by molar-refractivity contribution is 0.165. The Morgan fingerprint density at radius 2 is 2.10 bits per heavy atom. The average molecular weight is 433 g/mol. The van der Waals surface area contributed by atoms with Crippen molar-refractivity contribution in [3.05, 3.63) is 52.6 Å². The first kappa shape index (κ1) is 20.2. The number of thiophene rings is 1. The fourth-order valence-electron chi connectivity index (χ4n) is 3.74. The molecular weight excluding hydrogens is 408 g/mol. The second-order valence-corrected chi connectivity index (χ2v) is 10.4. The van der Waals surface area contributed by atoms with Gasteiger partial charge >= 0.3 is 0 Å². The normalized spacial score (nSPS) is 18.3. The molecule has 9 heteroatoms.